The predicted molar refractivity (Wildman–Crippen MR) is 186 cm³/mol. The van der Waals surface area contributed by atoms with Gasteiger partial charge in [-0.05, 0) is 55.1 Å². The summed E-state index contributed by atoms with van der Waals surface area (Å²) in [6.45, 7) is 7.72. The van der Waals surface area contributed by atoms with Crippen molar-refractivity contribution in [1.82, 2.24) is 19.7 Å². The Balaban J connectivity index is 1.60. The van der Waals surface area contributed by atoms with Crippen LogP contribution in [0.1, 0.15) is 51.4 Å². The topological polar surface area (TPSA) is 155 Å². The first kappa shape index (κ1) is 38.2. The van der Waals surface area contributed by atoms with Crippen molar-refractivity contribution < 1.29 is 37.9 Å². The van der Waals surface area contributed by atoms with Gasteiger partial charge in [0.25, 0.3) is 0 Å². The summed E-state index contributed by atoms with van der Waals surface area (Å²) < 4.78 is 31.3. The smallest absolute Gasteiger partial charge is 0.327 e. The average molecular weight is 712 g/mol. The molecule has 2 atom stereocenters. The third-order valence-electron chi connectivity index (χ3n) is 8.42. The molecule has 3 aromatic rings. The fraction of sp³-hybridized carbons (Fsp3) is 0.417. The van der Waals surface area contributed by atoms with Gasteiger partial charge in [0, 0.05) is 41.9 Å². The average Bonchev–Trinajstić information content (AvgIpc) is 3.47. The standard InChI is InChI=1S/C36H43F2N5O6S/c1-22-33(46)43(34(22)47)19-30(44)40-28(35(48)49)20-50-21-31(45)42(14-8-13-39)32(36(2,3)4)29-15-24(26-16-25(37)11-12-27(26)38)18-41(29)17-23-9-6-5-7-10-23/h5-7,9-12,15-16,18,22,28,32H,8,13-14,17,19-21,39H2,1-4H3,(H,40,44)(H,48,49)/t28-,32-/m0/s1. The molecule has 0 radical (unpaired) electrons. The van der Waals surface area contributed by atoms with Crippen LogP contribution < -0.4 is 11.1 Å². The molecule has 4 amide bonds. The molecule has 0 aliphatic carbocycles. The van der Waals surface area contributed by atoms with Gasteiger partial charge in [0.1, 0.15) is 30.1 Å². The lowest BCUT2D eigenvalue weighted by molar-refractivity contribution is -0.166. The Morgan fingerprint density at radius 3 is 2.36 bits per heavy atom. The highest BCUT2D eigenvalue weighted by Gasteiger charge is 2.44. The van der Waals surface area contributed by atoms with Gasteiger partial charge in [0.15, 0.2) is 0 Å². The van der Waals surface area contributed by atoms with Gasteiger partial charge in [-0.3, -0.25) is 24.1 Å². The molecule has 0 bridgehead atoms. The molecule has 4 N–H and O–H groups in total. The Morgan fingerprint density at radius 1 is 1.06 bits per heavy atom. The lowest BCUT2D eigenvalue weighted by Crippen LogP contribution is -2.60. The molecule has 0 unspecified atom stereocenters. The van der Waals surface area contributed by atoms with E-state index in [4.69, 9.17) is 5.73 Å². The van der Waals surface area contributed by atoms with Gasteiger partial charge in [-0.15, -0.1) is 11.8 Å². The number of halogens is 2. The molecule has 1 saturated heterocycles. The summed E-state index contributed by atoms with van der Waals surface area (Å²) in [7, 11) is 0. The number of β-lactam (4-membered cyclic amide) rings is 2. The fourth-order valence-electron chi connectivity index (χ4n) is 5.95. The Labute approximate surface area is 294 Å². The predicted octanol–water partition coefficient (Wildman–Crippen LogP) is 4.05. The molecule has 1 aromatic heterocycles. The molecule has 4 rings (SSSR count). The molecular weight excluding hydrogens is 668 g/mol. The van der Waals surface area contributed by atoms with E-state index in [1.165, 1.54) is 6.92 Å². The first-order valence-corrected chi connectivity index (χ1v) is 17.4. The van der Waals surface area contributed by atoms with E-state index in [1.54, 1.807) is 17.2 Å². The number of aliphatic carboxylic acids is 1. The molecular formula is C36H43F2N5O6S. The van der Waals surface area contributed by atoms with Crippen LogP contribution in [-0.4, -0.2) is 86.3 Å². The summed E-state index contributed by atoms with van der Waals surface area (Å²) in [6.07, 6.45) is 2.22. The van der Waals surface area contributed by atoms with Crippen molar-refractivity contribution in [3.8, 4) is 11.1 Å². The van der Waals surface area contributed by atoms with E-state index in [9.17, 15) is 33.5 Å². The van der Waals surface area contributed by atoms with Crippen LogP contribution in [0.5, 0.6) is 0 Å². The van der Waals surface area contributed by atoms with Gasteiger partial charge in [0.05, 0.1) is 11.8 Å². The zero-order valence-corrected chi connectivity index (χ0v) is 29.3. The van der Waals surface area contributed by atoms with Crippen LogP contribution in [0.3, 0.4) is 0 Å². The summed E-state index contributed by atoms with van der Waals surface area (Å²) in [5, 5.41) is 12.1. The largest absolute Gasteiger partial charge is 0.480 e. The lowest BCUT2D eigenvalue weighted by atomic mass is 9.83. The van der Waals surface area contributed by atoms with Gasteiger partial charge in [0.2, 0.25) is 23.6 Å². The molecule has 14 heteroatoms. The number of hydrogen-bond donors (Lipinski definition) is 3. The maximum absolute atomic E-state index is 15.0. The maximum atomic E-state index is 15.0. The number of nitrogens with zero attached hydrogens (tertiary/aromatic N) is 3. The zero-order chi connectivity index (χ0) is 36.7. The highest BCUT2D eigenvalue weighted by molar-refractivity contribution is 8.00. The number of benzene rings is 2. The minimum Gasteiger partial charge on any atom is -0.480 e. The van der Waals surface area contributed by atoms with Gasteiger partial charge in [-0.2, -0.15) is 0 Å². The Bertz CT molecular complexity index is 1710. The quantitative estimate of drug-likeness (QED) is 0.149. The number of hydrogen-bond acceptors (Lipinski definition) is 7. The molecule has 0 saturated carbocycles. The molecule has 50 heavy (non-hydrogen) atoms. The van der Waals surface area contributed by atoms with Crippen LogP contribution in [-0.2, 0) is 30.5 Å². The van der Waals surface area contributed by atoms with Crippen molar-refractivity contribution in [2.24, 2.45) is 17.1 Å². The van der Waals surface area contributed by atoms with E-state index in [-0.39, 0.29) is 29.5 Å². The number of likely N-dealkylation sites (tertiary alicyclic amines) is 1. The van der Waals surface area contributed by atoms with Crippen LogP contribution in [0, 0.1) is 23.0 Å². The molecule has 1 aliphatic rings. The second-order valence-corrected chi connectivity index (χ2v) is 14.4. The highest BCUT2D eigenvalue weighted by atomic mass is 32.2. The second-order valence-electron chi connectivity index (χ2n) is 13.3. The molecule has 2 heterocycles. The van der Waals surface area contributed by atoms with Crippen molar-refractivity contribution in [3.05, 3.63) is 83.7 Å². The molecule has 0 spiro atoms. The zero-order valence-electron chi connectivity index (χ0n) is 28.5. The number of imide groups is 1. The number of carboxylic acids is 1. The number of carbonyl (C=O) groups excluding carboxylic acids is 4. The van der Waals surface area contributed by atoms with E-state index < -0.39 is 65.3 Å². The summed E-state index contributed by atoms with van der Waals surface area (Å²) in [5.41, 5.74) is 7.49. The van der Waals surface area contributed by atoms with Gasteiger partial charge in [-0.1, -0.05) is 51.1 Å². The van der Waals surface area contributed by atoms with E-state index in [2.05, 4.69) is 5.32 Å². The lowest BCUT2D eigenvalue weighted by Gasteiger charge is -2.41. The van der Waals surface area contributed by atoms with Crippen LogP contribution in [0.15, 0.2) is 60.8 Å². The van der Waals surface area contributed by atoms with Crippen LogP contribution in [0.2, 0.25) is 0 Å². The molecule has 1 aliphatic heterocycles. The number of nitrogens with one attached hydrogen (secondary N) is 1. The van der Waals surface area contributed by atoms with Crippen molar-refractivity contribution in [3.63, 3.8) is 0 Å². The SMILES string of the molecule is CC1C(=O)N(CC(=O)N[C@@H](CSCC(=O)N(CCCN)[C@@H](c2cc(-c3cc(F)ccc3F)cn2Cc2ccccc2)C(C)(C)C)C(=O)O)C1=O. The molecule has 1 fully saturated rings. The van der Waals surface area contributed by atoms with Crippen LogP contribution >= 0.6 is 11.8 Å². The van der Waals surface area contributed by atoms with Crippen molar-refractivity contribution in [2.75, 3.05) is 31.1 Å². The van der Waals surface area contributed by atoms with E-state index in [1.807, 2.05) is 55.7 Å². The normalized spacial score (nSPS) is 14.7. The maximum Gasteiger partial charge on any atom is 0.327 e. The molecule has 2 aromatic carbocycles. The Morgan fingerprint density at radius 2 is 1.74 bits per heavy atom. The Hall–Kier alpha value is -4.56. The van der Waals surface area contributed by atoms with Gasteiger partial charge >= 0.3 is 5.97 Å². The van der Waals surface area contributed by atoms with Gasteiger partial charge < -0.3 is 25.6 Å². The Kier molecular flexibility index (Phi) is 12.6. The van der Waals surface area contributed by atoms with Crippen LogP contribution in [0.25, 0.3) is 11.1 Å². The number of carboxylic acid groups (broad SMARTS) is 1. The number of nitrogens with two attached hydrogens (primary N) is 1. The second kappa shape index (κ2) is 16.4. The summed E-state index contributed by atoms with van der Waals surface area (Å²) in [6, 6.07) is 12.7. The number of amides is 4. The fourth-order valence-corrected chi connectivity index (χ4v) is 6.87. The number of rotatable bonds is 16. The number of aromatic nitrogens is 1. The van der Waals surface area contributed by atoms with Gasteiger partial charge in [-0.25, -0.2) is 13.6 Å². The molecule has 268 valence electrons. The third-order valence-corrected chi connectivity index (χ3v) is 9.44. The van der Waals surface area contributed by atoms with E-state index in [0.29, 0.717) is 30.8 Å². The monoisotopic (exact) mass is 711 g/mol. The number of thioether (sulfide) groups is 1. The summed E-state index contributed by atoms with van der Waals surface area (Å²) in [4.78, 5) is 64.7. The van der Waals surface area contributed by atoms with E-state index >= 15 is 4.39 Å². The van der Waals surface area contributed by atoms with Crippen molar-refractivity contribution in [1.29, 1.82) is 0 Å². The van der Waals surface area contributed by atoms with E-state index in [0.717, 1.165) is 40.4 Å². The minimum atomic E-state index is -1.38. The third kappa shape index (κ3) is 9.16. The summed E-state index contributed by atoms with van der Waals surface area (Å²) >= 11 is 1.01. The summed E-state index contributed by atoms with van der Waals surface area (Å²) in [5.74, 6) is -5.77. The van der Waals surface area contributed by atoms with Crippen LogP contribution in [0.4, 0.5) is 8.78 Å². The number of carbonyl (C=O) groups is 5. The van der Waals surface area contributed by atoms with Crippen molar-refractivity contribution >= 4 is 41.4 Å². The molecule has 11 nitrogen and oxygen atoms in total. The van der Waals surface area contributed by atoms with Crippen molar-refractivity contribution in [2.45, 2.75) is 52.7 Å². The minimum absolute atomic E-state index is 0.0835. The first-order chi connectivity index (χ1) is 23.6. The highest BCUT2D eigenvalue weighted by Crippen LogP contribution is 2.41. The first-order valence-electron chi connectivity index (χ1n) is 16.3.